The van der Waals surface area contributed by atoms with Gasteiger partial charge in [0.15, 0.2) is 0 Å². The summed E-state index contributed by atoms with van der Waals surface area (Å²) < 4.78 is 0. The van der Waals surface area contributed by atoms with Crippen LogP contribution in [0.5, 0.6) is 0 Å². The molecule has 0 bridgehead atoms. The molecule has 1 atom stereocenters. The molecule has 1 aliphatic rings. The molecule has 6 nitrogen and oxygen atoms in total. The van der Waals surface area contributed by atoms with Crippen LogP contribution in [0.2, 0.25) is 0 Å². The lowest BCUT2D eigenvalue weighted by molar-refractivity contribution is 0.180. The molecule has 0 aromatic carbocycles. The molecule has 3 heterocycles. The van der Waals surface area contributed by atoms with Gasteiger partial charge in [-0.1, -0.05) is 6.92 Å². The van der Waals surface area contributed by atoms with Crippen LogP contribution >= 0.6 is 0 Å². The fraction of sp³-hybridized carbons (Fsp3) is 0.438. The van der Waals surface area contributed by atoms with Crippen LogP contribution < -0.4 is 4.90 Å². The molecule has 22 heavy (non-hydrogen) atoms. The van der Waals surface area contributed by atoms with Crippen LogP contribution in [-0.2, 0) is 0 Å². The van der Waals surface area contributed by atoms with Gasteiger partial charge in [-0.15, -0.1) is 0 Å². The van der Waals surface area contributed by atoms with E-state index in [9.17, 15) is 5.26 Å². The van der Waals surface area contributed by atoms with Crippen molar-refractivity contribution in [2.75, 3.05) is 31.1 Å². The first-order valence-electron chi connectivity index (χ1n) is 7.58. The van der Waals surface area contributed by atoms with Gasteiger partial charge in [-0.3, -0.25) is 9.88 Å². The molecule has 0 aliphatic carbocycles. The van der Waals surface area contributed by atoms with E-state index in [4.69, 9.17) is 0 Å². The number of anilines is 1. The summed E-state index contributed by atoms with van der Waals surface area (Å²) in [6.45, 7) is 7.79. The van der Waals surface area contributed by atoms with E-state index in [2.05, 4.69) is 37.7 Å². The number of piperazine rings is 1. The van der Waals surface area contributed by atoms with E-state index in [0.29, 0.717) is 5.56 Å². The molecule has 1 saturated heterocycles. The standard InChI is InChI=1S/C16H20N6/c1-3-21-6-7-22(11-15(21)16-18-4-5-19-16)14-8-12(2)20-10-13(14)9-17/h4-5,8,10,15H,3,6-7,11H2,1-2H3,(H,18,19)/t15-/m0/s1. The van der Waals surface area contributed by atoms with Crippen LogP contribution in [0.4, 0.5) is 5.69 Å². The molecule has 114 valence electrons. The molecule has 3 rings (SSSR count). The Labute approximate surface area is 130 Å². The lowest BCUT2D eigenvalue weighted by Gasteiger charge is -2.41. The third kappa shape index (κ3) is 2.68. The monoisotopic (exact) mass is 296 g/mol. The molecular formula is C16H20N6. The molecule has 0 unspecified atom stereocenters. The second-order valence-corrected chi connectivity index (χ2v) is 5.52. The highest BCUT2D eigenvalue weighted by molar-refractivity contribution is 5.59. The molecular weight excluding hydrogens is 276 g/mol. The first-order chi connectivity index (χ1) is 10.7. The SMILES string of the molecule is CCN1CCN(c2cc(C)ncc2C#N)C[C@H]1c1ncc[nH]1. The molecule has 0 amide bonds. The van der Waals surface area contributed by atoms with Gasteiger partial charge < -0.3 is 9.88 Å². The smallest absolute Gasteiger partial charge is 0.125 e. The van der Waals surface area contributed by atoms with Crippen molar-refractivity contribution in [3.63, 3.8) is 0 Å². The molecule has 0 spiro atoms. The van der Waals surface area contributed by atoms with Crippen molar-refractivity contribution in [3.8, 4) is 6.07 Å². The molecule has 2 aromatic heterocycles. The van der Waals surface area contributed by atoms with Gasteiger partial charge in [0.05, 0.1) is 17.3 Å². The normalized spacial score (nSPS) is 19.1. The van der Waals surface area contributed by atoms with E-state index in [1.165, 1.54) is 0 Å². The van der Waals surface area contributed by atoms with Gasteiger partial charge in [0.2, 0.25) is 0 Å². The Kier molecular flexibility index (Phi) is 4.07. The van der Waals surface area contributed by atoms with Crippen molar-refractivity contribution in [2.45, 2.75) is 19.9 Å². The third-order valence-corrected chi connectivity index (χ3v) is 4.21. The Morgan fingerprint density at radius 1 is 1.41 bits per heavy atom. The fourth-order valence-corrected chi connectivity index (χ4v) is 3.03. The topological polar surface area (TPSA) is 71.8 Å². The summed E-state index contributed by atoms with van der Waals surface area (Å²) in [6, 6.07) is 4.47. The highest BCUT2D eigenvalue weighted by Gasteiger charge is 2.30. The molecule has 6 heteroatoms. The summed E-state index contributed by atoms with van der Waals surface area (Å²) in [5.41, 5.74) is 2.54. The summed E-state index contributed by atoms with van der Waals surface area (Å²) in [5.74, 6) is 0.982. The quantitative estimate of drug-likeness (QED) is 0.936. The maximum absolute atomic E-state index is 9.34. The average molecular weight is 296 g/mol. The number of H-pyrrole nitrogens is 1. The number of likely N-dealkylation sites (N-methyl/N-ethyl adjacent to an activating group) is 1. The molecule has 1 aliphatic heterocycles. The van der Waals surface area contributed by atoms with Gasteiger partial charge in [-0.05, 0) is 19.5 Å². The van der Waals surface area contributed by atoms with Crippen LogP contribution in [0.15, 0.2) is 24.7 Å². The maximum Gasteiger partial charge on any atom is 0.125 e. The number of hydrogen-bond acceptors (Lipinski definition) is 5. The van der Waals surface area contributed by atoms with Gasteiger partial charge in [0.25, 0.3) is 0 Å². The zero-order chi connectivity index (χ0) is 15.5. The largest absolute Gasteiger partial charge is 0.367 e. The Balaban J connectivity index is 1.91. The summed E-state index contributed by atoms with van der Waals surface area (Å²) in [6.07, 6.45) is 5.32. The Morgan fingerprint density at radius 3 is 2.95 bits per heavy atom. The number of nitriles is 1. The van der Waals surface area contributed by atoms with Crippen molar-refractivity contribution in [1.29, 1.82) is 5.26 Å². The number of pyridine rings is 1. The van der Waals surface area contributed by atoms with E-state index in [0.717, 1.165) is 43.4 Å². The predicted molar refractivity (Wildman–Crippen MR) is 84.5 cm³/mol. The Hall–Kier alpha value is -2.39. The van der Waals surface area contributed by atoms with Crippen molar-refractivity contribution in [2.24, 2.45) is 0 Å². The summed E-state index contributed by atoms with van der Waals surface area (Å²) in [7, 11) is 0. The molecule has 1 fully saturated rings. The summed E-state index contributed by atoms with van der Waals surface area (Å²) in [5, 5.41) is 9.34. The number of hydrogen-bond donors (Lipinski definition) is 1. The van der Waals surface area contributed by atoms with Gasteiger partial charge >= 0.3 is 0 Å². The first kappa shape index (κ1) is 14.5. The van der Waals surface area contributed by atoms with Crippen molar-refractivity contribution in [3.05, 3.63) is 41.7 Å². The minimum Gasteiger partial charge on any atom is -0.367 e. The van der Waals surface area contributed by atoms with Gasteiger partial charge in [0.1, 0.15) is 11.9 Å². The van der Waals surface area contributed by atoms with Crippen LogP contribution in [-0.4, -0.2) is 46.0 Å². The molecule has 0 radical (unpaired) electrons. The average Bonchev–Trinajstić information content (AvgIpc) is 3.08. The van der Waals surface area contributed by atoms with Crippen molar-refractivity contribution < 1.29 is 0 Å². The number of imidazole rings is 1. The number of aryl methyl sites for hydroxylation is 1. The maximum atomic E-state index is 9.34. The third-order valence-electron chi connectivity index (χ3n) is 4.21. The number of nitrogens with zero attached hydrogens (tertiary/aromatic N) is 5. The zero-order valence-corrected chi connectivity index (χ0v) is 13.0. The first-order valence-corrected chi connectivity index (χ1v) is 7.58. The number of rotatable bonds is 3. The minimum atomic E-state index is 0.216. The second-order valence-electron chi connectivity index (χ2n) is 5.52. The molecule has 0 saturated carbocycles. The summed E-state index contributed by atoms with van der Waals surface area (Å²) in [4.78, 5) is 16.6. The fourth-order valence-electron chi connectivity index (χ4n) is 3.03. The van der Waals surface area contributed by atoms with Crippen molar-refractivity contribution >= 4 is 5.69 Å². The lowest BCUT2D eigenvalue weighted by Crippen LogP contribution is -2.49. The van der Waals surface area contributed by atoms with Gasteiger partial charge in [-0.2, -0.15) is 5.26 Å². The van der Waals surface area contributed by atoms with E-state index in [1.807, 2.05) is 19.2 Å². The van der Waals surface area contributed by atoms with Crippen LogP contribution in [0, 0.1) is 18.3 Å². The van der Waals surface area contributed by atoms with Gasteiger partial charge in [0, 0.05) is 43.9 Å². The number of aromatic amines is 1. The summed E-state index contributed by atoms with van der Waals surface area (Å²) >= 11 is 0. The van der Waals surface area contributed by atoms with E-state index < -0.39 is 0 Å². The number of nitrogens with one attached hydrogen (secondary N) is 1. The van der Waals surface area contributed by atoms with Gasteiger partial charge in [-0.25, -0.2) is 4.98 Å². The van der Waals surface area contributed by atoms with E-state index >= 15 is 0 Å². The highest BCUT2D eigenvalue weighted by Crippen LogP contribution is 2.28. The Bertz CT molecular complexity index is 672. The number of aromatic nitrogens is 3. The van der Waals surface area contributed by atoms with E-state index in [1.54, 1.807) is 12.4 Å². The van der Waals surface area contributed by atoms with Crippen molar-refractivity contribution in [1.82, 2.24) is 19.9 Å². The zero-order valence-electron chi connectivity index (χ0n) is 13.0. The lowest BCUT2D eigenvalue weighted by atomic mass is 10.1. The predicted octanol–water partition coefficient (Wildman–Crippen LogP) is 1.87. The Morgan fingerprint density at radius 2 is 2.27 bits per heavy atom. The second kappa shape index (κ2) is 6.16. The molecule has 2 aromatic rings. The van der Waals surface area contributed by atoms with Crippen LogP contribution in [0.3, 0.4) is 0 Å². The van der Waals surface area contributed by atoms with Crippen LogP contribution in [0.1, 0.15) is 30.0 Å². The molecule has 1 N–H and O–H groups in total. The minimum absolute atomic E-state index is 0.216. The van der Waals surface area contributed by atoms with E-state index in [-0.39, 0.29) is 6.04 Å². The van der Waals surface area contributed by atoms with Crippen LogP contribution in [0.25, 0.3) is 0 Å². The highest BCUT2D eigenvalue weighted by atomic mass is 15.3.